The minimum atomic E-state index is -0.0530. The lowest BCUT2D eigenvalue weighted by Gasteiger charge is -2.35. The van der Waals surface area contributed by atoms with E-state index < -0.39 is 0 Å². The molecule has 0 aliphatic carbocycles. The number of piperidine rings is 1. The highest BCUT2D eigenvalue weighted by atomic mass is 16.5. The van der Waals surface area contributed by atoms with E-state index in [0.29, 0.717) is 0 Å². The zero-order valence-corrected chi connectivity index (χ0v) is 14.9. The van der Waals surface area contributed by atoms with Crippen LogP contribution in [0.1, 0.15) is 56.7 Å². The van der Waals surface area contributed by atoms with Gasteiger partial charge < -0.3 is 10.1 Å². The number of amides is 1. The third-order valence-electron chi connectivity index (χ3n) is 4.64. The number of nitrogens with zero attached hydrogens (tertiary/aromatic N) is 1. The van der Waals surface area contributed by atoms with Crippen LogP contribution in [-0.4, -0.2) is 37.0 Å². The molecule has 23 heavy (non-hydrogen) atoms. The van der Waals surface area contributed by atoms with Crippen molar-refractivity contribution in [2.24, 2.45) is 0 Å². The maximum absolute atomic E-state index is 12.8. The second kappa shape index (κ2) is 8.34. The summed E-state index contributed by atoms with van der Waals surface area (Å²) in [6.07, 6.45) is 4.39. The number of likely N-dealkylation sites (tertiary alicyclic amines) is 1. The van der Waals surface area contributed by atoms with Crippen LogP contribution in [0.4, 0.5) is 0 Å². The molecule has 1 amide bonds. The largest absolute Gasteiger partial charge is 0.496 e. The molecule has 1 N–H and O–H groups in total. The lowest BCUT2D eigenvalue weighted by molar-refractivity contribution is -0.128. The summed E-state index contributed by atoms with van der Waals surface area (Å²) in [6, 6.07) is 6.05. The smallest absolute Gasteiger partial charge is 0.237 e. The van der Waals surface area contributed by atoms with Crippen LogP contribution in [0.25, 0.3) is 0 Å². The average molecular weight is 318 g/mol. The Kier molecular flexibility index (Phi) is 6.46. The molecule has 1 fully saturated rings. The van der Waals surface area contributed by atoms with Crippen molar-refractivity contribution in [2.75, 3.05) is 20.2 Å². The SMILES string of the molecule is CCCN1CCCCC1C(=O)NC(C)c1cc(C)ccc1OC. The Labute approximate surface area is 140 Å². The zero-order valence-electron chi connectivity index (χ0n) is 14.9. The van der Waals surface area contributed by atoms with Gasteiger partial charge in [0, 0.05) is 5.56 Å². The molecule has 128 valence electrons. The van der Waals surface area contributed by atoms with E-state index in [-0.39, 0.29) is 18.0 Å². The lowest BCUT2D eigenvalue weighted by Crippen LogP contribution is -2.50. The van der Waals surface area contributed by atoms with Crippen molar-refractivity contribution in [3.63, 3.8) is 0 Å². The Bertz CT molecular complexity index is 528. The Morgan fingerprint density at radius 1 is 1.43 bits per heavy atom. The first-order valence-corrected chi connectivity index (χ1v) is 8.75. The minimum Gasteiger partial charge on any atom is -0.496 e. The zero-order chi connectivity index (χ0) is 16.8. The topological polar surface area (TPSA) is 41.6 Å². The highest BCUT2D eigenvalue weighted by Crippen LogP contribution is 2.27. The summed E-state index contributed by atoms with van der Waals surface area (Å²) < 4.78 is 5.45. The molecular formula is C19H30N2O2. The van der Waals surface area contributed by atoms with Crippen molar-refractivity contribution in [1.29, 1.82) is 0 Å². The van der Waals surface area contributed by atoms with Gasteiger partial charge in [0.2, 0.25) is 5.91 Å². The Morgan fingerprint density at radius 2 is 2.22 bits per heavy atom. The summed E-state index contributed by atoms with van der Waals surface area (Å²) in [5.41, 5.74) is 2.21. The van der Waals surface area contributed by atoms with E-state index in [0.717, 1.165) is 43.7 Å². The van der Waals surface area contributed by atoms with E-state index in [1.165, 1.54) is 12.0 Å². The number of hydrogen-bond acceptors (Lipinski definition) is 3. The fourth-order valence-corrected chi connectivity index (χ4v) is 3.42. The van der Waals surface area contributed by atoms with Crippen molar-refractivity contribution in [1.82, 2.24) is 10.2 Å². The minimum absolute atomic E-state index is 0.0157. The van der Waals surface area contributed by atoms with Crippen LogP contribution in [0, 0.1) is 6.92 Å². The van der Waals surface area contributed by atoms with Gasteiger partial charge in [-0.25, -0.2) is 0 Å². The van der Waals surface area contributed by atoms with Gasteiger partial charge in [0.1, 0.15) is 5.75 Å². The number of rotatable bonds is 6. The van der Waals surface area contributed by atoms with Crippen molar-refractivity contribution in [3.8, 4) is 5.75 Å². The summed E-state index contributed by atoms with van der Waals surface area (Å²) >= 11 is 0. The van der Waals surface area contributed by atoms with E-state index in [1.54, 1.807) is 7.11 Å². The maximum atomic E-state index is 12.8. The molecule has 1 aliphatic heterocycles. The normalized spacial score (nSPS) is 20.1. The van der Waals surface area contributed by atoms with Crippen LogP contribution < -0.4 is 10.1 Å². The first kappa shape index (κ1) is 17.8. The van der Waals surface area contributed by atoms with Gasteiger partial charge in [0.15, 0.2) is 0 Å². The molecule has 1 aliphatic rings. The summed E-state index contributed by atoms with van der Waals surface area (Å²) in [7, 11) is 1.67. The molecule has 0 saturated carbocycles. The molecule has 2 rings (SSSR count). The van der Waals surface area contributed by atoms with Gasteiger partial charge in [-0.2, -0.15) is 0 Å². The number of benzene rings is 1. The number of carbonyl (C=O) groups is 1. The molecule has 0 spiro atoms. The number of carbonyl (C=O) groups excluding carboxylic acids is 1. The highest BCUT2D eigenvalue weighted by molar-refractivity contribution is 5.82. The fraction of sp³-hybridized carbons (Fsp3) is 0.632. The van der Waals surface area contributed by atoms with Gasteiger partial charge in [-0.05, 0) is 52.3 Å². The molecule has 2 unspecified atom stereocenters. The lowest BCUT2D eigenvalue weighted by atomic mass is 9.99. The highest BCUT2D eigenvalue weighted by Gasteiger charge is 2.29. The molecule has 1 heterocycles. The molecule has 4 nitrogen and oxygen atoms in total. The average Bonchev–Trinajstić information content (AvgIpc) is 2.55. The van der Waals surface area contributed by atoms with Gasteiger partial charge in [-0.3, -0.25) is 9.69 Å². The summed E-state index contributed by atoms with van der Waals surface area (Å²) in [5.74, 6) is 0.978. The number of hydrogen-bond donors (Lipinski definition) is 1. The molecule has 2 atom stereocenters. The van der Waals surface area contributed by atoms with Crippen LogP contribution in [-0.2, 0) is 4.79 Å². The summed E-state index contributed by atoms with van der Waals surface area (Å²) in [5, 5.41) is 3.20. The second-order valence-electron chi connectivity index (χ2n) is 6.52. The number of nitrogens with one attached hydrogen (secondary N) is 1. The monoisotopic (exact) mass is 318 g/mol. The molecule has 0 aromatic heterocycles. The summed E-state index contributed by atoms with van der Waals surface area (Å²) in [6.45, 7) is 8.29. The van der Waals surface area contributed by atoms with Crippen molar-refractivity contribution in [3.05, 3.63) is 29.3 Å². The van der Waals surface area contributed by atoms with Crippen molar-refractivity contribution in [2.45, 2.75) is 58.5 Å². The van der Waals surface area contributed by atoms with Crippen LogP contribution in [0.5, 0.6) is 5.75 Å². The number of methoxy groups -OCH3 is 1. The van der Waals surface area contributed by atoms with Crippen molar-refractivity contribution < 1.29 is 9.53 Å². The van der Waals surface area contributed by atoms with Crippen LogP contribution in [0.2, 0.25) is 0 Å². The van der Waals surface area contributed by atoms with E-state index in [9.17, 15) is 4.79 Å². The van der Waals surface area contributed by atoms with E-state index >= 15 is 0 Å². The Hall–Kier alpha value is -1.55. The molecule has 1 saturated heterocycles. The number of ether oxygens (including phenoxy) is 1. The van der Waals surface area contributed by atoms with Crippen LogP contribution >= 0.6 is 0 Å². The Morgan fingerprint density at radius 3 is 2.91 bits per heavy atom. The molecule has 4 heteroatoms. The molecule has 1 aromatic rings. The molecule has 1 aromatic carbocycles. The fourth-order valence-electron chi connectivity index (χ4n) is 3.42. The first-order valence-electron chi connectivity index (χ1n) is 8.75. The van der Waals surface area contributed by atoms with E-state index in [4.69, 9.17) is 4.74 Å². The standard InChI is InChI=1S/C19H30N2O2/c1-5-11-21-12-7-6-8-17(21)19(22)20-15(3)16-13-14(2)9-10-18(16)23-4/h9-10,13,15,17H,5-8,11-12H2,1-4H3,(H,20,22). The Balaban J connectivity index is 2.08. The quantitative estimate of drug-likeness (QED) is 0.873. The predicted molar refractivity (Wildman–Crippen MR) is 93.8 cm³/mol. The predicted octanol–water partition coefficient (Wildman–Crippen LogP) is 3.45. The van der Waals surface area contributed by atoms with Crippen molar-refractivity contribution >= 4 is 5.91 Å². The van der Waals surface area contributed by atoms with Crippen LogP contribution in [0.15, 0.2) is 18.2 Å². The van der Waals surface area contributed by atoms with Gasteiger partial charge in [-0.1, -0.05) is 31.0 Å². The third kappa shape index (κ3) is 4.47. The van der Waals surface area contributed by atoms with Gasteiger partial charge in [-0.15, -0.1) is 0 Å². The van der Waals surface area contributed by atoms with Gasteiger partial charge >= 0.3 is 0 Å². The third-order valence-corrected chi connectivity index (χ3v) is 4.64. The first-order chi connectivity index (χ1) is 11.1. The second-order valence-corrected chi connectivity index (χ2v) is 6.52. The molecular weight excluding hydrogens is 288 g/mol. The summed E-state index contributed by atoms with van der Waals surface area (Å²) in [4.78, 5) is 15.1. The van der Waals surface area contributed by atoms with E-state index in [2.05, 4.69) is 30.1 Å². The van der Waals surface area contributed by atoms with E-state index in [1.807, 2.05) is 19.1 Å². The van der Waals surface area contributed by atoms with Gasteiger partial charge in [0.25, 0.3) is 0 Å². The number of aryl methyl sites for hydroxylation is 1. The maximum Gasteiger partial charge on any atom is 0.237 e. The molecule has 0 radical (unpaired) electrons. The van der Waals surface area contributed by atoms with Crippen LogP contribution in [0.3, 0.4) is 0 Å². The van der Waals surface area contributed by atoms with Gasteiger partial charge in [0.05, 0.1) is 19.2 Å². The molecule has 0 bridgehead atoms.